The van der Waals surface area contributed by atoms with Crippen molar-refractivity contribution in [2.75, 3.05) is 0 Å². The number of nitrogens with zero attached hydrogens (tertiary/aromatic N) is 1. The van der Waals surface area contributed by atoms with Gasteiger partial charge in [-0.15, -0.1) is 0 Å². The number of benzene rings is 4. The number of ether oxygens (including phenoxy) is 2. The van der Waals surface area contributed by atoms with Crippen molar-refractivity contribution in [2.45, 2.75) is 59.0 Å². The highest BCUT2D eigenvalue weighted by Crippen LogP contribution is 2.47. The zero-order chi connectivity index (χ0) is 29.7. The summed E-state index contributed by atoms with van der Waals surface area (Å²) >= 11 is 3.42. The van der Waals surface area contributed by atoms with Gasteiger partial charge in [-0.25, -0.2) is 4.98 Å². The van der Waals surface area contributed by atoms with Gasteiger partial charge in [-0.05, 0) is 92.8 Å². The number of rotatable bonds is 7. The maximum atomic E-state index is 6.16. The van der Waals surface area contributed by atoms with Crippen LogP contribution in [-0.4, -0.2) is 4.98 Å². The third-order valence-electron chi connectivity index (χ3n) is 7.21. The fourth-order valence-corrected chi connectivity index (χ4v) is 5.62. The average molecular weight is 623 g/mol. The van der Waals surface area contributed by atoms with Crippen LogP contribution in [0, 0.1) is 0 Å². The van der Waals surface area contributed by atoms with Crippen LogP contribution in [0.5, 0.6) is 17.4 Å². The van der Waals surface area contributed by atoms with Crippen LogP contribution in [0.1, 0.15) is 73.8 Å². The van der Waals surface area contributed by atoms with Crippen molar-refractivity contribution in [3.05, 3.63) is 154 Å². The van der Waals surface area contributed by atoms with Gasteiger partial charge in [0.2, 0.25) is 5.88 Å². The maximum absolute atomic E-state index is 6.16. The zero-order valence-electron chi connectivity index (χ0n) is 25.0. The fraction of sp³-hybridized carbons (Fsp3) is 0.237. The lowest BCUT2D eigenvalue weighted by molar-refractivity contribution is 0.305. The van der Waals surface area contributed by atoms with E-state index >= 15 is 0 Å². The maximum Gasteiger partial charge on any atom is 0.219 e. The van der Waals surface area contributed by atoms with Crippen LogP contribution in [-0.2, 0) is 13.0 Å². The van der Waals surface area contributed by atoms with Crippen molar-refractivity contribution in [2.24, 2.45) is 0 Å². The van der Waals surface area contributed by atoms with E-state index < -0.39 is 0 Å². The van der Waals surface area contributed by atoms with Gasteiger partial charge >= 0.3 is 0 Å². The topological polar surface area (TPSA) is 31.4 Å². The largest absolute Gasteiger partial charge is 0.489 e. The van der Waals surface area contributed by atoms with E-state index in [0.717, 1.165) is 28.8 Å². The molecular weight excluding hydrogens is 582 g/mol. The summed E-state index contributed by atoms with van der Waals surface area (Å²) in [7, 11) is 0. The fourth-order valence-electron chi connectivity index (χ4n) is 5.38. The average Bonchev–Trinajstić information content (AvgIpc) is 3.07. The van der Waals surface area contributed by atoms with Gasteiger partial charge in [0, 0.05) is 22.7 Å². The quantitative estimate of drug-likeness (QED) is 0.181. The Bertz CT molecular complexity index is 1490. The Kier molecular flexibility index (Phi) is 11.8. The van der Waals surface area contributed by atoms with Gasteiger partial charge in [0.05, 0.1) is 0 Å². The minimum atomic E-state index is 0.254. The van der Waals surface area contributed by atoms with E-state index in [-0.39, 0.29) is 5.92 Å². The molecule has 0 bridgehead atoms. The summed E-state index contributed by atoms with van der Waals surface area (Å²) in [6, 6.07) is 40.1. The van der Waals surface area contributed by atoms with Crippen molar-refractivity contribution in [1.29, 1.82) is 0 Å². The van der Waals surface area contributed by atoms with Crippen molar-refractivity contribution < 1.29 is 9.47 Å². The second-order valence-electron chi connectivity index (χ2n) is 9.65. The lowest BCUT2D eigenvalue weighted by Gasteiger charge is -2.35. The van der Waals surface area contributed by atoms with Crippen molar-refractivity contribution in [3.63, 3.8) is 0 Å². The molecule has 0 N–H and O–H groups in total. The summed E-state index contributed by atoms with van der Waals surface area (Å²) in [5.41, 5.74) is 6.58. The first kappa shape index (κ1) is 31.1. The molecule has 0 saturated carbocycles. The normalized spacial score (nSPS) is 15.2. The molecule has 6 rings (SSSR count). The van der Waals surface area contributed by atoms with Gasteiger partial charge < -0.3 is 9.47 Å². The Balaban J connectivity index is 0.000000972. The number of hydrogen-bond donors (Lipinski definition) is 0. The molecule has 1 aromatic heterocycles. The number of aryl methyl sites for hydroxylation is 1. The highest BCUT2D eigenvalue weighted by Gasteiger charge is 2.32. The van der Waals surface area contributed by atoms with E-state index in [0.29, 0.717) is 18.4 Å². The second-order valence-corrected chi connectivity index (χ2v) is 10.6. The Morgan fingerprint density at radius 2 is 1.38 bits per heavy atom. The van der Waals surface area contributed by atoms with Gasteiger partial charge in [-0.2, -0.15) is 0 Å². The highest BCUT2D eigenvalue weighted by atomic mass is 79.9. The van der Waals surface area contributed by atoms with Gasteiger partial charge in [0.1, 0.15) is 18.1 Å². The third kappa shape index (κ3) is 7.89. The van der Waals surface area contributed by atoms with Crippen LogP contribution in [0.4, 0.5) is 0 Å². The van der Waals surface area contributed by atoms with Gasteiger partial charge in [0.25, 0.3) is 0 Å². The molecule has 42 heavy (non-hydrogen) atoms. The number of pyridine rings is 1. The van der Waals surface area contributed by atoms with Crippen LogP contribution < -0.4 is 9.47 Å². The zero-order valence-corrected chi connectivity index (χ0v) is 26.6. The third-order valence-corrected chi connectivity index (χ3v) is 7.68. The Morgan fingerprint density at radius 3 is 2.05 bits per heavy atom. The molecule has 0 saturated heterocycles. The first-order valence-electron chi connectivity index (χ1n) is 15.0. The molecule has 2 unspecified atom stereocenters. The van der Waals surface area contributed by atoms with E-state index in [1.165, 1.54) is 27.8 Å². The van der Waals surface area contributed by atoms with Gasteiger partial charge in [-0.1, -0.05) is 107 Å². The Labute approximate surface area is 259 Å². The molecular formula is C38H40BrNO2. The smallest absolute Gasteiger partial charge is 0.219 e. The van der Waals surface area contributed by atoms with E-state index in [1.54, 1.807) is 6.20 Å². The molecule has 0 aliphatic heterocycles. The number of hydrogen-bond acceptors (Lipinski definition) is 3. The summed E-state index contributed by atoms with van der Waals surface area (Å²) in [6.07, 6.45) is 3.86. The van der Waals surface area contributed by atoms with Crippen molar-refractivity contribution in [3.8, 4) is 17.4 Å². The minimum Gasteiger partial charge on any atom is -0.489 e. The van der Waals surface area contributed by atoms with Gasteiger partial charge in [-0.3, -0.25) is 0 Å². The van der Waals surface area contributed by atoms with Crippen molar-refractivity contribution in [1.82, 2.24) is 4.98 Å². The highest BCUT2D eigenvalue weighted by molar-refractivity contribution is 9.10. The van der Waals surface area contributed by atoms with E-state index in [2.05, 4.69) is 93.7 Å². The number of aromatic nitrogens is 1. The van der Waals surface area contributed by atoms with Crippen LogP contribution in [0.15, 0.2) is 126 Å². The second kappa shape index (κ2) is 15.9. The predicted octanol–water partition coefficient (Wildman–Crippen LogP) is 11.1. The standard InChI is InChI=1S/C34H28BrNO2.2C2H6/c35-28-14-20-33(36-22-28)38-29-15-11-26(12-16-29)34-31(25-9-5-2-6-10-25)18-13-27-21-30(17-19-32(27)34)37-23-24-7-3-1-4-8-24;2*1-2/h1-12,14-17,19-22,31,34H,13,18,23H2;2*1-2H3. The number of fused-ring (bicyclic) bond motifs is 1. The number of halogens is 1. The molecule has 2 atom stereocenters. The minimum absolute atomic E-state index is 0.254. The molecule has 4 aromatic carbocycles. The van der Waals surface area contributed by atoms with Crippen LogP contribution in [0.25, 0.3) is 0 Å². The molecule has 1 heterocycles. The van der Waals surface area contributed by atoms with Crippen LogP contribution in [0.2, 0.25) is 0 Å². The molecule has 5 aromatic rings. The van der Waals surface area contributed by atoms with Crippen molar-refractivity contribution >= 4 is 15.9 Å². The van der Waals surface area contributed by atoms with Crippen LogP contribution >= 0.6 is 15.9 Å². The van der Waals surface area contributed by atoms with Gasteiger partial charge in [0.15, 0.2) is 0 Å². The molecule has 0 spiro atoms. The summed E-state index contributed by atoms with van der Waals surface area (Å²) in [5, 5.41) is 0. The molecule has 1 aliphatic carbocycles. The monoisotopic (exact) mass is 621 g/mol. The summed E-state index contributed by atoms with van der Waals surface area (Å²) in [5.74, 6) is 2.94. The first-order chi connectivity index (χ1) is 20.7. The Hall–Kier alpha value is -3.89. The molecule has 3 nitrogen and oxygen atoms in total. The molecule has 216 valence electrons. The van der Waals surface area contributed by atoms with E-state index in [9.17, 15) is 0 Å². The summed E-state index contributed by atoms with van der Waals surface area (Å²) in [4.78, 5) is 4.33. The molecule has 0 fully saturated rings. The van der Waals surface area contributed by atoms with Crippen LogP contribution in [0.3, 0.4) is 0 Å². The van der Waals surface area contributed by atoms with E-state index in [1.807, 2.05) is 70.2 Å². The SMILES string of the molecule is Brc1ccc(Oc2ccc(C3c4ccc(OCc5ccccc5)cc4CCC3c3ccccc3)cc2)nc1.CC.CC. The summed E-state index contributed by atoms with van der Waals surface area (Å²) < 4.78 is 13.1. The predicted molar refractivity (Wildman–Crippen MR) is 178 cm³/mol. The molecule has 1 aliphatic rings. The van der Waals surface area contributed by atoms with E-state index in [4.69, 9.17) is 9.47 Å². The molecule has 0 radical (unpaired) electrons. The molecule has 4 heteroatoms. The lowest BCUT2D eigenvalue weighted by Crippen LogP contribution is -2.20. The summed E-state index contributed by atoms with van der Waals surface area (Å²) in [6.45, 7) is 8.57. The first-order valence-corrected chi connectivity index (χ1v) is 15.8. The Morgan fingerprint density at radius 1 is 0.714 bits per heavy atom. The molecule has 0 amide bonds. The lowest BCUT2D eigenvalue weighted by atomic mass is 9.69.